The molecule has 2 aromatic carbocycles. The quantitative estimate of drug-likeness (QED) is 0.367. The van der Waals surface area contributed by atoms with Crippen LogP contribution in [0, 0.1) is 13.8 Å². The van der Waals surface area contributed by atoms with Gasteiger partial charge in [-0.15, -0.1) is 11.3 Å². The molecule has 1 aliphatic heterocycles. The first-order valence-corrected chi connectivity index (χ1v) is 10.4. The van der Waals surface area contributed by atoms with Gasteiger partial charge in [0.2, 0.25) is 0 Å². The second-order valence-electron chi connectivity index (χ2n) is 7.20. The Morgan fingerprint density at radius 2 is 1.80 bits per heavy atom. The molecule has 1 N–H and O–H groups in total. The minimum atomic E-state index is -0.694. The number of hydrogen-bond acceptors (Lipinski definition) is 5. The first kappa shape index (κ1) is 19.9. The Balaban J connectivity index is 1.90. The van der Waals surface area contributed by atoms with Crippen molar-refractivity contribution in [3.63, 3.8) is 0 Å². The molecule has 3 aromatic rings. The normalized spacial score (nSPS) is 18.1. The average Bonchev–Trinajstić information content (AvgIpc) is 3.35. The minimum Gasteiger partial charge on any atom is -0.507 e. The van der Waals surface area contributed by atoms with E-state index in [-0.39, 0.29) is 11.3 Å². The first-order chi connectivity index (χ1) is 14.4. The number of aliphatic hydroxyl groups is 1. The van der Waals surface area contributed by atoms with Crippen LogP contribution in [0.15, 0.2) is 65.6 Å². The molecule has 1 atom stereocenters. The highest BCUT2D eigenvalue weighted by Gasteiger charge is 2.47. The number of methoxy groups -OCH3 is 1. The molecule has 1 fully saturated rings. The van der Waals surface area contributed by atoms with Gasteiger partial charge in [-0.2, -0.15) is 0 Å². The largest absolute Gasteiger partial charge is 0.507 e. The van der Waals surface area contributed by atoms with Crippen molar-refractivity contribution in [3.05, 3.63) is 87.1 Å². The van der Waals surface area contributed by atoms with Crippen molar-refractivity contribution in [1.82, 2.24) is 0 Å². The first-order valence-electron chi connectivity index (χ1n) is 9.48. The predicted octanol–water partition coefficient (Wildman–Crippen LogP) is 5.00. The van der Waals surface area contributed by atoms with Gasteiger partial charge in [-0.25, -0.2) is 0 Å². The van der Waals surface area contributed by atoms with Crippen molar-refractivity contribution in [2.75, 3.05) is 12.0 Å². The highest BCUT2D eigenvalue weighted by molar-refractivity contribution is 7.10. The van der Waals surface area contributed by atoms with Crippen LogP contribution >= 0.6 is 11.3 Å². The van der Waals surface area contributed by atoms with Gasteiger partial charge < -0.3 is 9.84 Å². The Morgan fingerprint density at radius 3 is 2.40 bits per heavy atom. The Hall–Kier alpha value is -3.38. The van der Waals surface area contributed by atoms with Gasteiger partial charge in [-0.1, -0.05) is 23.8 Å². The molecule has 2 heterocycles. The van der Waals surface area contributed by atoms with E-state index < -0.39 is 17.7 Å². The second-order valence-corrected chi connectivity index (χ2v) is 8.18. The number of nitrogens with zero attached hydrogens (tertiary/aromatic N) is 1. The summed E-state index contributed by atoms with van der Waals surface area (Å²) < 4.78 is 5.28. The molecule has 152 valence electrons. The lowest BCUT2D eigenvalue weighted by Gasteiger charge is -2.24. The number of ether oxygens (including phenoxy) is 1. The fraction of sp³-hybridized carbons (Fsp3) is 0.167. The van der Waals surface area contributed by atoms with E-state index in [1.165, 1.54) is 16.2 Å². The van der Waals surface area contributed by atoms with Crippen molar-refractivity contribution >= 4 is 34.5 Å². The third-order valence-electron chi connectivity index (χ3n) is 5.24. The third-order valence-corrected chi connectivity index (χ3v) is 6.16. The Morgan fingerprint density at radius 1 is 1.07 bits per heavy atom. The molecule has 1 unspecified atom stereocenters. The van der Waals surface area contributed by atoms with E-state index in [0.29, 0.717) is 17.0 Å². The van der Waals surface area contributed by atoms with E-state index in [4.69, 9.17) is 4.74 Å². The number of thiophene rings is 1. The summed E-state index contributed by atoms with van der Waals surface area (Å²) in [4.78, 5) is 28.4. The smallest absolute Gasteiger partial charge is 0.300 e. The zero-order valence-corrected chi connectivity index (χ0v) is 17.7. The molecule has 0 bridgehead atoms. The number of ketones is 1. The van der Waals surface area contributed by atoms with Crippen molar-refractivity contribution in [3.8, 4) is 5.75 Å². The molecule has 30 heavy (non-hydrogen) atoms. The fourth-order valence-electron chi connectivity index (χ4n) is 3.70. The van der Waals surface area contributed by atoms with E-state index in [1.807, 2.05) is 55.6 Å². The van der Waals surface area contributed by atoms with E-state index in [9.17, 15) is 14.7 Å². The van der Waals surface area contributed by atoms with E-state index >= 15 is 0 Å². The van der Waals surface area contributed by atoms with Crippen molar-refractivity contribution in [2.24, 2.45) is 0 Å². The van der Waals surface area contributed by atoms with Crippen molar-refractivity contribution < 1.29 is 19.4 Å². The number of carbonyl (C=O) groups excluding carboxylic acids is 2. The van der Waals surface area contributed by atoms with Gasteiger partial charge in [-0.05, 0) is 61.2 Å². The lowest BCUT2D eigenvalue weighted by atomic mass is 9.98. The number of anilines is 1. The van der Waals surface area contributed by atoms with Crippen LogP contribution in [0.1, 0.15) is 27.6 Å². The topological polar surface area (TPSA) is 66.8 Å². The number of Topliss-reactive ketones (excluding diaryl/α,β-unsaturated/α-hetero) is 1. The van der Waals surface area contributed by atoms with Gasteiger partial charge in [-0.3, -0.25) is 14.5 Å². The zero-order valence-electron chi connectivity index (χ0n) is 16.9. The average molecular weight is 420 g/mol. The SMILES string of the molecule is COc1ccc(/C(O)=C2/C(=O)C(=O)N(c3ccc(C)cc3)C2c2cccs2)cc1C. The molecular weight excluding hydrogens is 398 g/mol. The standard InChI is InChI=1S/C24H21NO4S/c1-14-6-9-17(10-7-14)25-21(19-5-4-12-30-19)20(23(27)24(25)28)22(26)16-8-11-18(29-3)15(2)13-16/h4-13,21,26H,1-3H3/b22-20-. The van der Waals surface area contributed by atoms with Crippen molar-refractivity contribution in [2.45, 2.75) is 19.9 Å². The second kappa shape index (κ2) is 7.80. The number of carbonyl (C=O) groups is 2. The third kappa shape index (κ3) is 3.29. The molecule has 1 amide bonds. The molecule has 0 spiro atoms. The highest BCUT2D eigenvalue weighted by Crippen LogP contribution is 2.43. The summed E-state index contributed by atoms with van der Waals surface area (Å²) in [6.07, 6.45) is 0. The van der Waals surface area contributed by atoms with Crippen LogP contribution in [-0.4, -0.2) is 23.9 Å². The summed E-state index contributed by atoms with van der Waals surface area (Å²) >= 11 is 1.44. The summed E-state index contributed by atoms with van der Waals surface area (Å²) in [6, 6.07) is 15.7. The molecule has 4 rings (SSSR count). The predicted molar refractivity (Wildman–Crippen MR) is 118 cm³/mol. The number of benzene rings is 2. The molecule has 6 heteroatoms. The molecule has 1 saturated heterocycles. The number of hydrogen-bond donors (Lipinski definition) is 1. The van der Waals surface area contributed by atoms with Gasteiger partial charge in [0.05, 0.1) is 12.7 Å². The van der Waals surface area contributed by atoms with Crippen LogP contribution in [0.25, 0.3) is 5.76 Å². The minimum absolute atomic E-state index is 0.0904. The van der Waals surface area contributed by atoms with E-state index in [0.717, 1.165) is 16.0 Å². The number of amides is 1. The maximum atomic E-state index is 13.1. The zero-order chi connectivity index (χ0) is 21.4. The molecular formula is C24H21NO4S. The maximum absolute atomic E-state index is 13.1. The van der Waals surface area contributed by atoms with Crippen molar-refractivity contribution in [1.29, 1.82) is 0 Å². The van der Waals surface area contributed by atoms with Gasteiger partial charge >= 0.3 is 0 Å². The van der Waals surface area contributed by atoms with Crippen LogP contribution in [0.3, 0.4) is 0 Å². The molecule has 0 radical (unpaired) electrons. The van der Waals surface area contributed by atoms with E-state index in [2.05, 4.69) is 0 Å². The van der Waals surface area contributed by atoms with Crippen LogP contribution < -0.4 is 9.64 Å². The highest BCUT2D eigenvalue weighted by atomic mass is 32.1. The molecule has 1 aliphatic rings. The number of aliphatic hydroxyl groups excluding tert-OH is 1. The van der Waals surface area contributed by atoms with Gasteiger partial charge in [0.25, 0.3) is 11.7 Å². The number of rotatable bonds is 4. The van der Waals surface area contributed by atoms with Crippen LogP contribution in [0.2, 0.25) is 0 Å². The Labute approximate surface area is 178 Å². The lowest BCUT2D eigenvalue weighted by molar-refractivity contribution is -0.132. The summed E-state index contributed by atoms with van der Waals surface area (Å²) in [5.74, 6) is -0.849. The van der Waals surface area contributed by atoms with Crippen LogP contribution in [0.5, 0.6) is 5.75 Å². The van der Waals surface area contributed by atoms with Gasteiger partial charge in [0.15, 0.2) is 0 Å². The summed E-state index contributed by atoms with van der Waals surface area (Å²) in [6.45, 7) is 3.82. The summed E-state index contributed by atoms with van der Waals surface area (Å²) in [5.41, 5.74) is 3.05. The Bertz CT molecular complexity index is 1150. The molecule has 1 aromatic heterocycles. The molecule has 0 saturated carbocycles. The van der Waals surface area contributed by atoms with E-state index in [1.54, 1.807) is 25.3 Å². The number of aryl methyl sites for hydroxylation is 2. The van der Waals surface area contributed by atoms with Crippen LogP contribution in [0.4, 0.5) is 5.69 Å². The summed E-state index contributed by atoms with van der Waals surface area (Å²) in [7, 11) is 1.58. The van der Waals surface area contributed by atoms with Gasteiger partial charge in [0, 0.05) is 16.1 Å². The molecule has 5 nitrogen and oxygen atoms in total. The van der Waals surface area contributed by atoms with Gasteiger partial charge in [0.1, 0.15) is 17.6 Å². The monoisotopic (exact) mass is 419 g/mol. The van der Waals surface area contributed by atoms with Crippen LogP contribution in [-0.2, 0) is 9.59 Å². The Kier molecular flexibility index (Phi) is 5.18. The lowest BCUT2D eigenvalue weighted by Crippen LogP contribution is -2.29. The summed E-state index contributed by atoms with van der Waals surface area (Å²) in [5, 5.41) is 13.0. The fourth-order valence-corrected chi connectivity index (χ4v) is 4.53. The molecule has 0 aliphatic carbocycles. The maximum Gasteiger partial charge on any atom is 0.300 e.